The summed E-state index contributed by atoms with van der Waals surface area (Å²) in [5, 5.41) is 3.38. The second-order valence-electron chi connectivity index (χ2n) is 5.76. The van der Waals surface area contributed by atoms with Gasteiger partial charge in [0.2, 0.25) is 5.95 Å². The van der Waals surface area contributed by atoms with Crippen molar-refractivity contribution in [3.63, 3.8) is 0 Å². The zero-order chi connectivity index (χ0) is 13.1. The topological polar surface area (TPSA) is 67.1 Å². The van der Waals surface area contributed by atoms with Gasteiger partial charge in [-0.2, -0.15) is 4.98 Å². The van der Waals surface area contributed by atoms with Gasteiger partial charge in [0.15, 0.2) is 0 Å². The van der Waals surface area contributed by atoms with Crippen LogP contribution in [0.5, 0.6) is 0 Å². The highest BCUT2D eigenvalue weighted by molar-refractivity contribution is 5.43. The molecule has 3 N–H and O–H groups in total. The van der Waals surface area contributed by atoms with Crippen LogP contribution in [0.1, 0.15) is 32.1 Å². The molecule has 104 valence electrons. The Labute approximate surface area is 114 Å². The predicted molar refractivity (Wildman–Crippen MR) is 77.3 cm³/mol. The summed E-state index contributed by atoms with van der Waals surface area (Å²) in [4.78, 5) is 11.2. The minimum absolute atomic E-state index is 0.282. The fraction of sp³-hybridized carbons (Fsp3) is 0.714. The van der Waals surface area contributed by atoms with Crippen LogP contribution in [0, 0.1) is 5.92 Å². The molecule has 2 aliphatic rings. The normalized spacial score (nSPS) is 24.1. The van der Waals surface area contributed by atoms with Gasteiger partial charge >= 0.3 is 0 Å². The predicted octanol–water partition coefficient (Wildman–Crippen LogP) is 1.62. The Balaban J connectivity index is 1.59. The highest BCUT2D eigenvalue weighted by Gasteiger charge is 2.20. The van der Waals surface area contributed by atoms with E-state index in [2.05, 4.69) is 20.2 Å². The van der Waals surface area contributed by atoms with Gasteiger partial charge in [-0.05, 0) is 31.2 Å². The molecule has 1 aromatic heterocycles. The van der Waals surface area contributed by atoms with Gasteiger partial charge in [-0.25, -0.2) is 4.98 Å². The van der Waals surface area contributed by atoms with E-state index in [0.29, 0.717) is 0 Å². The summed E-state index contributed by atoms with van der Waals surface area (Å²) < 4.78 is 0. The summed E-state index contributed by atoms with van der Waals surface area (Å²) in [6.07, 6.45) is 8.32. The molecular weight excluding hydrogens is 238 g/mol. The van der Waals surface area contributed by atoms with Crippen molar-refractivity contribution >= 4 is 11.8 Å². The van der Waals surface area contributed by atoms with Crippen LogP contribution in [0.4, 0.5) is 11.8 Å². The molecule has 1 aromatic rings. The fourth-order valence-corrected chi connectivity index (χ4v) is 3.06. The van der Waals surface area contributed by atoms with Crippen molar-refractivity contribution < 1.29 is 0 Å². The largest absolute Gasteiger partial charge is 0.355 e. The molecule has 2 fully saturated rings. The van der Waals surface area contributed by atoms with E-state index >= 15 is 0 Å². The van der Waals surface area contributed by atoms with Crippen molar-refractivity contribution in [1.82, 2.24) is 9.97 Å². The highest BCUT2D eigenvalue weighted by Crippen LogP contribution is 2.25. The van der Waals surface area contributed by atoms with Gasteiger partial charge in [-0.1, -0.05) is 12.8 Å². The van der Waals surface area contributed by atoms with Gasteiger partial charge in [0.05, 0.1) is 0 Å². The van der Waals surface area contributed by atoms with Gasteiger partial charge in [-0.15, -0.1) is 0 Å². The minimum atomic E-state index is 0.282. The van der Waals surface area contributed by atoms with Gasteiger partial charge in [-0.3, -0.25) is 0 Å². The molecule has 1 saturated heterocycles. The van der Waals surface area contributed by atoms with Crippen molar-refractivity contribution in [3.8, 4) is 0 Å². The highest BCUT2D eigenvalue weighted by atomic mass is 15.2. The number of anilines is 2. The van der Waals surface area contributed by atoms with Crippen molar-refractivity contribution in [2.45, 2.75) is 38.1 Å². The molecule has 1 aliphatic carbocycles. The Morgan fingerprint density at radius 2 is 2.16 bits per heavy atom. The molecule has 5 heteroatoms. The SMILES string of the molecule is N[C@H]1CCN(c2ccnc(NCC3CCCC3)n2)C1. The smallest absolute Gasteiger partial charge is 0.224 e. The van der Waals surface area contributed by atoms with Crippen molar-refractivity contribution in [2.75, 3.05) is 29.9 Å². The lowest BCUT2D eigenvalue weighted by molar-refractivity contribution is 0.577. The summed E-state index contributed by atoms with van der Waals surface area (Å²) in [7, 11) is 0. The molecule has 1 atom stereocenters. The molecule has 3 rings (SSSR count). The molecule has 0 spiro atoms. The summed E-state index contributed by atoms with van der Waals surface area (Å²) in [5.41, 5.74) is 5.94. The Morgan fingerprint density at radius 1 is 1.32 bits per heavy atom. The molecule has 1 aliphatic heterocycles. The van der Waals surface area contributed by atoms with Crippen LogP contribution in [0.2, 0.25) is 0 Å². The second-order valence-corrected chi connectivity index (χ2v) is 5.76. The van der Waals surface area contributed by atoms with Gasteiger partial charge in [0.1, 0.15) is 5.82 Å². The second kappa shape index (κ2) is 5.74. The zero-order valence-electron chi connectivity index (χ0n) is 11.4. The zero-order valence-corrected chi connectivity index (χ0v) is 11.4. The number of hydrogen-bond acceptors (Lipinski definition) is 5. The third-order valence-electron chi connectivity index (χ3n) is 4.21. The maximum atomic E-state index is 5.94. The Morgan fingerprint density at radius 3 is 2.89 bits per heavy atom. The third kappa shape index (κ3) is 3.15. The summed E-state index contributed by atoms with van der Waals surface area (Å²) in [5.74, 6) is 2.55. The number of hydrogen-bond donors (Lipinski definition) is 2. The van der Waals surface area contributed by atoms with E-state index in [9.17, 15) is 0 Å². The van der Waals surface area contributed by atoms with E-state index in [1.165, 1.54) is 25.7 Å². The lowest BCUT2D eigenvalue weighted by Gasteiger charge is -2.17. The third-order valence-corrected chi connectivity index (χ3v) is 4.21. The number of nitrogens with two attached hydrogens (primary N) is 1. The summed E-state index contributed by atoms with van der Waals surface area (Å²) in [6.45, 7) is 2.91. The molecule has 0 bridgehead atoms. The molecule has 0 radical (unpaired) electrons. The Bertz CT molecular complexity index is 416. The first-order valence-electron chi connectivity index (χ1n) is 7.39. The Hall–Kier alpha value is -1.36. The number of rotatable bonds is 4. The molecule has 5 nitrogen and oxygen atoms in total. The van der Waals surface area contributed by atoms with Crippen LogP contribution in [0.15, 0.2) is 12.3 Å². The van der Waals surface area contributed by atoms with Gasteiger partial charge in [0, 0.05) is 31.9 Å². The number of nitrogens with one attached hydrogen (secondary N) is 1. The molecule has 2 heterocycles. The van der Waals surface area contributed by atoms with Crippen LogP contribution in [0.25, 0.3) is 0 Å². The first kappa shape index (κ1) is 12.7. The lowest BCUT2D eigenvalue weighted by atomic mass is 10.1. The number of aromatic nitrogens is 2. The summed E-state index contributed by atoms with van der Waals surface area (Å²) >= 11 is 0. The lowest BCUT2D eigenvalue weighted by Crippen LogP contribution is -2.27. The quantitative estimate of drug-likeness (QED) is 0.862. The molecule has 0 aromatic carbocycles. The van der Waals surface area contributed by atoms with E-state index in [1.54, 1.807) is 0 Å². The molecular formula is C14H23N5. The van der Waals surface area contributed by atoms with Crippen LogP contribution >= 0.6 is 0 Å². The van der Waals surface area contributed by atoms with E-state index < -0.39 is 0 Å². The van der Waals surface area contributed by atoms with E-state index in [-0.39, 0.29) is 6.04 Å². The van der Waals surface area contributed by atoms with E-state index in [1.807, 2.05) is 12.3 Å². The van der Waals surface area contributed by atoms with Gasteiger partial charge < -0.3 is 16.0 Å². The monoisotopic (exact) mass is 261 g/mol. The standard InChI is InChI=1S/C14H23N5/c15-12-6-8-19(10-12)13-5-7-16-14(18-13)17-9-11-3-1-2-4-11/h5,7,11-12H,1-4,6,8-10,15H2,(H,16,17,18)/t12-/m0/s1. The molecule has 19 heavy (non-hydrogen) atoms. The van der Waals surface area contributed by atoms with Crippen molar-refractivity contribution in [3.05, 3.63) is 12.3 Å². The number of nitrogens with zero attached hydrogens (tertiary/aromatic N) is 3. The van der Waals surface area contributed by atoms with Crippen molar-refractivity contribution in [2.24, 2.45) is 11.7 Å². The van der Waals surface area contributed by atoms with E-state index in [0.717, 1.165) is 43.7 Å². The van der Waals surface area contributed by atoms with Gasteiger partial charge in [0.25, 0.3) is 0 Å². The van der Waals surface area contributed by atoms with Crippen LogP contribution in [-0.4, -0.2) is 35.6 Å². The van der Waals surface area contributed by atoms with E-state index in [4.69, 9.17) is 5.73 Å². The first-order chi connectivity index (χ1) is 9.31. The minimum Gasteiger partial charge on any atom is -0.355 e. The molecule has 1 saturated carbocycles. The van der Waals surface area contributed by atoms with Crippen LogP contribution < -0.4 is 16.0 Å². The fourth-order valence-electron chi connectivity index (χ4n) is 3.06. The maximum absolute atomic E-state index is 5.94. The van der Waals surface area contributed by atoms with Crippen LogP contribution in [0.3, 0.4) is 0 Å². The van der Waals surface area contributed by atoms with Crippen molar-refractivity contribution in [1.29, 1.82) is 0 Å². The maximum Gasteiger partial charge on any atom is 0.224 e. The first-order valence-corrected chi connectivity index (χ1v) is 7.39. The Kier molecular flexibility index (Phi) is 3.82. The van der Waals surface area contributed by atoms with Crippen LogP contribution in [-0.2, 0) is 0 Å². The average Bonchev–Trinajstić information content (AvgIpc) is 3.08. The summed E-state index contributed by atoms with van der Waals surface area (Å²) in [6, 6.07) is 2.25. The molecule has 0 amide bonds. The average molecular weight is 261 g/mol. The molecule has 0 unspecified atom stereocenters.